The number of aromatic nitrogens is 5. The number of fused-ring (bicyclic) bond motifs is 1. The molecule has 0 fully saturated rings. The zero-order valence-electron chi connectivity index (χ0n) is 8.08. The van der Waals surface area contributed by atoms with Crippen LogP contribution in [0.2, 0.25) is 5.28 Å². The number of hydrogen-bond acceptors (Lipinski definition) is 4. The molecule has 5 nitrogen and oxygen atoms in total. The predicted octanol–water partition coefficient (Wildman–Crippen LogP) is 1.86. The highest BCUT2D eigenvalue weighted by Crippen LogP contribution is 2.15. The second-order valence-electron chi connectivity index (χ2n) is 3.17. The van der Waals surface area contributed by atoms with E-state index in [2.05, 4.69) is 20.1 Å². The first-order chi connectivity index (χ1) is 7.84. The van der Waals surface area contributed by atoms with Gasteiger partial charge in [0.2, 0.25) is 5.28 Å². The molecule has 3 aromatic heterocycles. The normalized spacial score (nSPS) is 10.8. The van der Waals surface area contributed by atoms with Crippen LogP contribution in [0.1, 0.15) is 0 Å². The molecule has 0 aliphatic heterocycles. The highest BCUT2D eigenvalue weighted by Gasteiger charge is 2.05. The van der Waals surface area contributed by atoms with Crippen LogP contribution in [0.25, 0.3) is 16.7 Å². The summed E-state index contributed by atoms with van der Waals surface area (Å²) < 4.78 is 1.70. The van der Waals surface area contributed by atoms with Crippen LogP contribution in [0, 0.1) is 0 Å². The smallest absolute Gasteiger partial charge is 0.224 e. The SMILES string of the molecule is Clc1nccc(-n2ncc3cnccc32)n1. The fourth-order valence-electron chi connectivity index (χ4n) is 1.50. The van der Waals surface area contributed by atoms with Crippen molar-refractivity contribution in [3.63, 3.8) is 0 Å². The van der Waals surface area contributed by atoms with Gasteiger partial charge in [0.1, 0.15) is 0 Å². The maximum atomic E-state index is 5.74. The van der Waals surface area contributed by atoms with Crippen LogP contribution in [-0.4, -0.2) is 24.7 Å². The summed E-state index contributed by atoms with van der Waals surface area (Å²) in [5, 5.41) is 5.39. The number of halogens is 1. The Labute approximate surface area is 95.7 Å². The molecule has 0 amide bonds. The summed E-state index contributed by atoms with van der Waals surface area (Å²) in [5.74, 6) is 0.640. The van der Waals surface area contributed by atoms with Crippen LogP contribution in [0.15, 0.2) is 36.9 Å². The average molecular weight is 232 g/mol. The Kier molecular flexibility index (Phi) is 2.04. The Morgan fingerprint density at radius 2 is 2.06 bits per heavy atom. The van der Waals surface area contributed by atoms with Crippen molar-refractivity contribution in [1.82, 2.24) is 24.7 Å². The molecule has 0 saturated carbocycles. The third kappa shape index (κ3) is 1.42. The van der Waals surface area contributed by atoms with E-state index in [0.717, 1.165) is 10.9 Å². The van der Waals surface area contributed by atoms with Crippen molar-refractivity contribution in [3.05, 3.63) is 42.2 Å². The fraction of sp³-hybridized carbons (Fsp3) is 0. The van der Waals surface area contributed by atoms with E-state index in [0.29, 0.717) is 5.82 Å². The van der Waals surface area contributed by atoms with E-state index in [1.54, 1.807) is 35.5 Å². The molecule has 0 spiro atoms. The van der Waals surface area contributed by atoms with Gasteiger partial charge in [-0.15, -0.1) is 0 Å². The van der Waals surface area contributed by atoms with Crippen molar-refractivity contribution in [2.75, 3.05) is 0 Å². The number of hydrogen-bond donors (Lipinski definition) is 0. The Hall–Kier alpha value is -2.01. The molecular formula is C10H6ClN5. The highest BCUT2D eigenvalue weighted by molar-refractivity contribution is 6.28. The third-order valence-electron chi connectivity index (χ3n) is 2.20. The van der Waals surface area contributed by atoms with E-state index in [1.807, 2.05) is 6.07 Å². The lowest BCUT2D eigenvalue weighted by molar-refractivity contribution is 0.866. The van der Waals surface area contributed by atoms with Gasteiger partial charge in [0.15, 0.2) is 5.82 Å². The van der Waals surface area contributed by atoms with Gasteiger partial charge in [-0.25, -0.2) is 9.67 Å². The van der Waals surface area contributed by atoms with Crippen molar-refractivity contribution < 1.29 is 0 Å². The lowest BCUT2D eigenvalue weighted by Gasteiger charge is -2.01. The molecule has 6 heteroatoms. The quantitative estimate of drug-likeness (QED) is 0.600. The lowest BCUT2D eigenvalue weighted by Crippen LogP contribution is -1.99. The van der Waals surface area contributed by atoms with Gasteiger partial charge in [0.25, 0.3) is 0 Å². The summed E-state index contributed by atoms with van der Waals surface area (Å²) in [6.45, 7) is 0. The van der Waals surface area contributed by atoms with Crippen molar-refractivity contribution in [2.24, 2.45) is 0 Å². The van der Waals surface area contributed by atoms with Crippen LogP contribution in [0.4, 0.5) is 0 Å². The Morgan fingerprint density at radius 3 is 2.94 bits per heavy atom. The highest BCUT2D eigenvalue weighted by atomic mass is 35.5. The molecule has 0 N–H and O–H groups in total. The van der Waals surface area contributed by atoms with Crippen LogP contribution in [-0.2, 0) is 0 Å². The van der Waals surface area contributed by atoms with Crippen LogP contribution < -0.4 is 0 Å². The van der Waals surface area contributed by atoms with Gasteiger partial charge < -0.3 is 0 Å². The van der Waals surface area contributed by atoms with E-state index in [9.17, 15) is 0 Å². The van der Waals surface area contributed by atoms with E-state index in [-0.39, 0.29) is 5.28 Å². The van der Waals surface area contributed by atoms with E-state index in [4.69, 9.17) is 11.6 Å². The molecule has 0 radical (unpaired) electrons. The summed E-state index contributed by atoms with van der Waals surface area (Å²) in [5.41, 5.74) is 0.935. The van der Waals surface area contributed by atoms with Gasteiger partial charge in [-0.1, -0.05) is 0 Å². The minimum atomic E-state index is 0.204. The Balaban J connectivity index is 2.26. The molecule has 0 saturated heterocycles. The maximum absolute atomic E-state index is 5.74. The number of pyridine rings is 1. The first-order valence-corrected chi connectivity index (χ1v) is 4.99. The molecule has 78 valence electrons. The largest absolute Gasteiger partial charge is 0.264 e. The van der Waals surface area contributed by atoms with Gasteiger partial charge in [-0.05, 0) is 17.7 Å². The summed E-state index contributed by atoms with van der Waals surface area (Å²) in [4.78, 5) is 12.0. The van der Waals surface area contributed by atoms with Crippen molar-refractivity contribution in [3.8, 4) is 5.82 Å². The second kappa shape index (κ2) is 3.53. The molecule has 0 bridgehead atoms. The number of rotatable bonds is 1. The average Bonchev–Trinajstić information content (AvgIpc) is 2.72. The maximum Gasteiger partial charge on any atom is 0.224 e. The zero-order valence-corrected chi connectivity index (χ0v) is 8.83. The van der Waals surface area contributed by atoms with Gasteiger partial charge in [-0.3, -0.25) is 4.98 Å². The fourth-order valence-corrected chi connectivity index (χ4v) is 1.64. The van der Waals surface area contributed by atoms with E-state index < -0.39 is 0 Å². The van der Waals surface area contributed by atoms with Gasteiger partial charge in [-0.2, -0.15) is 10.1 Å². The summed E-state index contributed by atoms with van der Waals surface area (Å²) >= 11 is 5.74. The molecule has 3 aromatic rings. The molecule has 16 heavy (non-hydrogen) atoms. The molecular weight excluding hydrogens is 226 g/mol. The zero-order chi connectivity index (χ0) is 11.0. The summed E-state index contributed by atoms with van der Waals surface area (Å²) in [6, 6.07) is 3.62. The van der Waals surface area contributed by atoms with Gasteiger partial charge in [0.05, 0.1) is 11.7 Å². The van der Waals surface area contributed by atoms with Crippen molar-refractivity contribution in [1.29, 1.82) is 0 Å². The van der Waals surface area contributed by atoms with Gasteiger partial charge >= 0.3 is 0 Å². The van der Waals surface area contributed by atoms with E-state index >= 15 is 0 Å². The topological polar surface area (TPSA) is 56.5 Å². The predicted molar refractivity (Wildman–Crippen MR) is 59.5 cm³/mol. The monoisotopic (exact) mass is 231 g/mol. The Bertz CT molecular complexity index is 648. The summed E-state index contributed by atoms with van der Waals surface area (Å²) in [6.07, 6.45) is 6.79. The molecule has 3 rings (SSSR count). The van der Waals surface area contributed by atoms with Crippen LogP contribution in [0.5, 0.6) is 0 Å². The van der Waals surface area contributed by atoms with Crippen molar-refractivity contribution in [2.45, 2.75) is 0 Å². The third-order valence-corrected chi connectivity index (χ3v) is 2.38. The van der Waals surface area contributed by atoms with E-state index in [1.165, 1.54) is 0 Å². The molecule has 0 unspecified atom stereocenters. The standard InChI is InChI=1S/C10H6ClN5/c11-10-13-4-2-9(15-10)16-8-1-3-12-5-7(8)6-14-16/h1-6H. The van der Waals surface area contributed by atoms with Gasteiger partial charge in [0, 0.05) is 30.0 Å². The van der Waals surface area contributed by atoms with Crippen molar-refractivity contribution >= 4 is 22.5 Å². The van der Waals surface area contributed by atoms with Crippen LogP contribution >= 0.6 is 11.6 Å². The molecule has 3 heterocycles. The summed E-state index contributed by atoms with van der Waals surface area (Å²) in [7, 11) is 0. The molecule has 0 atom stereocenters. The minimum Gasteiger partial charge on any atom is -0.264 e. The first kappa shape index (κ1) is 9.23. The first-order valence-electron chi connectivity index (χ1n) is 4.61. The second-order valence-corrected chi connectivity index (χ2v) is 3.51. The number of nitrogens with zero attached hydrogens (tertiary/aromatic N) is 5. The molecule has 0 aliphatic carbocycles. The minimum absolute atomic E-state index is 0.204. The van der Waals surface area contributed by atoms with Crippen LogP contribution in [0.3, 0.4) is 0 Å². The molecule has 0 aromatic carbocycles. The Morgan fingerprint density at radius 1 is 1.12 bits per heavy atom. The lowest BCUT2D eigenvalue weighted by atomic mass is 10.3. The molecule has 0 aliphatic rings.